The van der Waals surface area contributed by atoms with Gasteiger partial charge in [0, 0.05) is 24.4 Å². The van der Waals surface area contributed by atoms with Crippen molar-refractivity contribution in [2.75, 3.05) is 6.54 Å². The van der Waals surface area contributed by atoms with E-state index in [4.69, 9.17) is 16.3 Å². The molecule has 1 fully saturated rings. The topological polar surface area (TPSA) is 66.8 Å². The summed E-state index contributed by atoms with van der Waals surface area (Å²) < 4.78 is 5.39. The van der Waals surface area contributed by atoms with Crippen molar-refractivity contribution in [3.63, 3.8) is 0 Å². The number of amides is 1. The normalized spacial score (nSPS) is 20.3. The van der Waals surface area contributed by atoms with Gasteiger partial charge in [0.25, 0.3) is 0 Å². The van der Waals surface area contributed by atoms with E-state index in [-0.39, 0.29) is 25.2 Å². The lowest BCUT2D eigenvalue weighted by molar-refractivity contribution is -0.125. The van der Waals surface area contributed by atoms with Crippen molar-refractivity contribution < 1.29 is 19.4 Å². The van der Waals surface area contributed by atoms with Crippen molar-refractivity contribution in [1.82, 2.24) is 4.90 Å². The lowest BCUT2D eigenvalue weighted by atomic mass is 9.92. The minimum Gasteiger partial charge on any atom is -0.444 e. The number of Topliss-reactive ketones (excluding diaryl/α,β-unsaturated/α-hetero) is 1. The summed E-state index contributed by atoms with van der Waals surface area (Å²) >= 11 is 5.86. The zero-order valence-corrected chi connectivity index (χ0v) is 14.3. The van der Waals surface area contributed by atoms with Crippen LogP contribution >= 0.6 is 11.6 Å². The number of likely N-dealkylation sites (tertiary alicyclic amines) is 1. The summed E-state index contributed by atoms with van der Waals surface area (Å²) in [5.74, 6) is 0.0304. The molecule has 2 atom stereocenters. The number of benzene rings is 1. The number of carbonyl (C=O) groups excluding carboxylic acids is 2. The molecule has 1 aromatic rings. The first-order valence-electron chi connectivity index (χ1n) is 7.62. The Morgan fingerprint density at radius 3 is 2.52 bits per heavy atom. The second-order valence-corrected chi connectivity index (χ2v) is 7.17. The van der Waals surface area contributed by atoms with E-state index in [1.807, 2.05) is 0 Å². The average Bonchev–Trinajstić information content (AvgIpc) is 2.45. The van der Waals surface area contributed by atoms with Crippen LogP contribution in [0, 0.1) is 0 Å². The zero-order chi connectivity index (χ0) is 17.2. The first-order valence-corrected chi connectivity index (χ1v) is 8.00. The number of rotatable bonds is 2. The molecule has 2 rings (SSSR count). The maximum Gasteiger partial charge on any atom is 0.410 e. The molecule has 5 nitrogen and oxygen atoms in total. The molecule has 23 heavy (non-hydrogen) atoms. The van der Waals surface area contributed by atoms with Gasteiger partial charge in [-0.1, -0.05) is 23.7 Å². The maximum absolute atomic E-state index is 12.4. The molecule has 1 saturated heterocycles. The molecule has 0 aromatic heterocycles. The van der Waals surface area contributed by atoms with E-state index < -0.39 is 23.8 Å². The first kappa shape index (κ1) is 17.8. The number of nitrogens with zero attached hydrogens (tertiary/aromatic N) is 1. The Labute approximate surface area is 141 Å². The molecule has 0 spiro atoms. The fourth-order valence-electron chi connectivity index (χ4n) is 2.57. The van der Waals surface area contributed by atoms with Gasteiger partial charge in [-0.05, 0) is 38.5 Å². The Morgan fingerprint density at radius 1 is 1.35 bits per heavy atom. The van der Waals surface area contributed by atoms with Gasteiger partial charge in [0.15, 0.2) is 0 Å². The highest BCUT2D eigenvalue weighted by Gasteiger charge is 2.38. The van der Waals surface area contributed by atoms with Crippen LogP contribution in [0.2, 0.25) is 5.02 Å². The quantitative estimate of drug-likeness (QED) is 0.897. The van der Waals surface area contributed by atoms with Crippen LogP contribution in [0.3, 0.4) is 0 Å². The minimum absolute atomic E-state index is 0.0304. The van der Waals surface area contributed by atoms with Gasteiger partial charge in [0.05, 0.1) is 12.1 Å². The van der Waals surface area contributed by atoms with Crippen LogP contribution in [0.4, 0.5) is 4.79 Å². The Hall–Kier alpha value is -1.59. The molecule has 0 aliphatic carbocycles. The molecule has 0 saturated carbocycles. The lowest BCUT2D eigenvalue weighted by Gasteiger charge is -2.38. The fourth-order valence-corrected chi connectivity index (χ4v) is 2.69. The number of ketones is 1. The van der Waals surface area contributed by atoms with Crippen LogP contribution in [0.15, 0.2) is 24.3 Å². The van der Waals surface area contributed by atoms with Crippen LogP contribution in [0.5, 0.6) is 0 Å². The molecule has 0 bridgehead atoms. The Bertz CT molecular complexity index is 579. The third kappa shape index (κ3) is 4.69. The number of piperidine rings is 1. The second kappa shape index (κ2) is 6.89. The van der Waals surface area contributed by atoms with Gasteiger partial charge in [-0.2, -0.15) is 0 Å². The molecule has 1 aliphatic heterocycles. The van der Waals surface area contributed by atoms with Gasteiger partial charge >= 0.3 is 6.09 Å². The number of aliphatic hydroxyl groups is 1. The predicted molar refractivity (Wildman–Crippen MR) is 87.4 cm³/mol. The number of hydrogen-bond acceptors (Lipinski definition) is 4. The van der Waals surface area contributed by atoms with E-state index in [9.17, 15) is 14.7 Å². The summed E-state index contributed by atoms with van der Waals surface area (Å²) in [6, 6.07) is 6.09. The smallest absolute Gasteiger partial charge is 0.410 e. The third-order valence-electron chi connectivity index (χ3n) is 3.67. The van der Waals surface area contributed by atoms with E-state index in [1.54, 1.807) is 45.0 Å². The van der Waals surface area contributed by atoms with Crippen LogP contribution in [-0.4, -0.2) is 40.1 Å². The van der Waals surface area contributed by atoms with E-state index >= 15 is 0 Å². The molecule has 6 heteroatoms. The molecule has 0 unspecified atom stereocenters. The highest BCUT2D eigenvalue weighted by molar-refractivity contribution is 6.30. The predicted octanol–water partition coefficient (Wildman–Crippen LogP) is 3.34. The summed E-state index contributed by atoms with van der Waals surface area (Å²) in [6.07, 6.45) is -1.08. The van der Waals surface area contributed by atoms with Crippen molar-refractivity contribution in [3.8, 4) is 0 Å². The summed E-state index contributed by atoms with van der Waals surface area (Å²) in [4.78, 5) is 25.6. The molecule has 0 radical (unpaired) electrons. The fraction of sp³-hybridized carbons (Fsp3) is 0.529. The summed E-state index contributed by atoms with van der Waals surface area (Å²) in [5.41, 5.74) is -0.0171. The molecule has 126 valence electrons. The van der Waals surface area contributed by atoms with Gasteiger partial charge in [-0.3, -0.25) is 4.79 Å². The summed E-state index contributed by atoms with van der Waals surface area (Å²) in [7, 11) is 0. The number of hydrogen-bond donors (Lipinski definition) is 1. The third-order valence-corrected chi connectivity index (χ3v) is 3.92. The van der Waals surface area contributed by atoms with Crippen LogP contribution in [0.25, 0.3) is 0 Å². The van der Waals surface area contributed by atoms with Gasteiger partial charge in [0.2, 0.25) is 0 Å². The first-order chi connectivity index (χ1) is 10.7. The van der Waals surface area contributed by atoms with E-state index in [1.165, 1.54) is 4.90 Å². The zero-order valence-electron chi connectivity index (χ0n) is 13.6. The molecular formula is C17H22ClNO4. The minimum atomic E-state index is -0.968. The average molecular weight is 340 g/mol. The monoisotopic (exact) mass is 339 g/mol. The SMILES string of the molecule is CC(C)(C)OC(=O)N1CCC(=O)C[C@H]1[C@@H](O)c1ccc(Cl)cc1. The van der Waals surface area contributed by atoms with Gasteiger partial charge in [-0.25, -0.2) is 4.79 Å². The molecule has 1 amide bonds. The number of halogens is 1. The highest BCUT2D eigenvalue weighted by atomic mass is 35.5. The van der Waals surface area contributed by atoms with E-state index in [0.717, 1.165) is 0 Å². The largest absolute Gasteiger partial charge is 0.444 e. The van der Waals surface area contributed by atoms with E-state index in [0.29, 0.717) is 10.6 Å². The Balaban J connectivity index is 2.21. The molecule has 1 aliphatic rings. The standard InChI is InChI=1S/C17H22ClNO4/c1-17(2,3)23-16(22)19-9-8-13(20)10-14(19)15(21)11-4-6-12(18)7-5-11/h4-7,14-15,21H,8-10H2,1-3H3/t14-,15-/m0/s1. The van der Waals surface area contributed by atoms with Crippen molar-refractivity contribution >= 4 is 23.5 Å². The molecular weight excluding hydrogens is 318 g/mol. The van der Waals surface area contributed by atoms with Crippen molar-refractivity contribution in [2.45, 2.75) is 51.4 Å². The Kier molecular flexibility index (Phi) is 5.32. The van der Waals surface area contributed by atoms with Gasteiger partial charge in [-0.15, -0.1) is 0 Å². The van der Waals surface area contributed by atoms with Gasteiger partial charge < -0.3 is 14.7 Å². The number of carbonyl (C=O) groups is 2. The lowest BCUT2D eigenvalue weighted by Crippen LogP contribution is -2.50. The summed E-state index contributed by atoms with van der Waals surface area (Å²) in [6.45, 7) is 5.60. The van der Waals surface area contributed by atoms with Crippen LogP contribution in [-0.2, 0) is 9.53 Å². The second-order valence-electron chi connectivity index (χ2n) is 6.73. The summed E-state index contributed by atoms with van der Waals surface area (Å²) in [5, 5.41) is 11.2. The highest BCUT2D eigenvalue weighted by Crippen LogP contribution is 2.29. The number of aliphatic hydroxyl groups excluding tert-OH is 1. The van der Waals surface area contributed by atoms with Gasteiger partial charge in [0.1, 0.15) is 11.4 Å². The molecule has 1 heterocycles. The van der Waals surface area contributed by atoms with Crippen molar-refractivity contribution in [3.05, 3.63) is 34.9 Å². The molecule has 1 N–H and O–H groups in total. The van der Waals surface area contributed by atoms with Crippen LogP contribution in [0.1, 0.15) is 45.3 Å². The van der Waals surface area contributed by atoms with E-state index in [2.05, 4.69) is 0 Å². The maximum atomic E-state index is 12.4. The molecule has 1 aromatic carbocycles. The van der Waals surface area contributed by atoms with Crippen LogP contribution < -0.4 is 0 Å². The van der Waals surface area contributed by atoms with Crippen molar-refractivity contribution in [2.24, 2.45) is 0 Å². The Morgan fingerprint density at radius 2 is 1.96 bits per heavy atom. The number of ether oxygens (including phenoxy) is 1. The van der Waals surface area contributed by atoms with Crippen molar-refractivity contribution in [1.29, 1.82) is 0 Å².